The lowest BCUT2D eigenvalue weighted by atomic mass is 10.0. The summed E-state index contributed by atoms with van der Waals surface area (Å²) in [6.45, 7) is 6.25. The number of pyridine rings is 1. The first-order chi connectivity index (χ1) is 13.6. The van der Waals surface area contributed by atoms with Crippen LogP contribution in [-0.2, 0) is 11.3 Å². The topological polar surface area (TPSA) is 54.5 Å². The number of nitrogens with one attached hydrogen (secondary N) is 1. The lowest BCUT2D eigenvalue weighted by Crippen LogP contribution is -2.53. The molecular formula is C23H25N3O2. The molecule has 0 spiro atoms. The Balaban J connectivity index is 1.81. The maximum Gasteiger partial charge on any atom is 0.237 e. The van der Waals surface area contributed by atoms with E-state index in [-0.39, 0.29) is 11.9 Å². The van der Waals surface area contributed by atoms with Crippen LogP contribution < -0.4 is 10.1 Å². The zero-order chi connectivity index (χ0) is 19.7. The highest BCUT2D eigenvalue weighted by Gasteiger charge is 2.26. The van der Waals surface area contributed by atoms with Crippen molar-refractivity contribution in [3.63, 3.8) is 0 Å². The number of benzene rings is 2. The SMILES string of the molecule is COc1ccc(-c2nc3c(C)cccc3cc2CN2CCNC(=O)C2C)cc1. The number of nitrogens with zero attached hydrogens (tertiary/aromatic N) is 2. The number of methoxy groups -OCH3 is 1. The molecule has 1 aromatic heterocycles. The number of aryl methyl sites for hydroxylation is 1. The van der Waals surface area contributed by atoms with E-state index in [4.69, 9.17) is 9.72 Å². The van der Waals surface area contributed by atoms with Crippen molar-refractivity contribution in [1.29, 1.82) is 0 Å². The maximum absolute atomic E-state index is 12.1. The number of carbonyl (C=O) groups excluding carboxylic acids is 1. The van der Waals surface area contributed by atoms with Gasteiger partial charge in [0.05, 0.1) is 24.4 Å². The normalized spacial score (nSPS) is 17.5. The highest BCUT2D eigenvalue weighted by molar-refractivity contribution is 5.86. The lowest BCUT2D eigenvalue weighted by molar-refractivity contribution is -0.128. The Kier molecular flexibility index (Phi) is 5.01. The molecule has 28 heavy (non-hydrogen) atoms. The molecule has 4 rings (SSSR count). The summed E-state index contributed by atoms with van der Waals surface area (Å²) in [5, 5.41) is 4.06. The van der Waals surface area contributed by atoms with Crippen LogP contribution >= 0.6 is 0 Å². The van der Waals surface area contributed by atoms with E-state index < -0.39 is 0 Å². The van der Waals surface area contributed by atoms with Gasteiger partial charge in [-0.25, -0.2) is 4.98 Å². The Hall–Kier alpha value is -2.92. The number of amides is 1. The van der Waals surface area contributed by atoms with Crippen molar-refractivity contribution in [3.8, 4) is 17.0 Å². The fraction of sp³-hybridized carbons (Fsp3) is 0.304. The van der Waals surface area contributed by atoms with Gasteiger partial charge in [0.15, 0.2) is 0 Å². The van der Waals surface area contributed by atoms with Gasteiger partial charge >= 0.3 is 0 Å². The molecule has 0 aliphatic carbocycles. The molecule has 5 nitrogen and oxygen atoms in total. The van der Waals surface area contributed by atoms with Crippen LogP contribution in [0.5, 0.6) is 5.75 Å². The van der Waals surface area contributed by atoms with Crippen molar-refractivity contribution in [1.82, 2.24) is 15.2 Å². The van der Waals surface area contributed by atoms with Crippen molar-refractivity contribution in [2.24, 2.45) is 0 Å². The van der Waals surface area contributed by atoms with Crippen LogP contribution in [0.2, 0.25) is 0 Å². The molecule has 1 unspecified atom stereocenters. The van der Waals surface area contributed by atoms with Crippen LogP contribution in [0.4, 0.5) is 0 Å². The molecule has 2 heterocycles. The minimum absolute atomic E-state index is 0.0850. The summed E-state index contributed by atoms with van der Waals surface area (Å²) in [5.74, 6) is 0.908. The summed E-state index contributed by atoms with van der Waals surface area (Å²) in [6, 6.07) is 16.3. The van der Waals surface area contributed by atoms with Gasteiger partial charge in [-0.1, -0.05) is 18.2 Å². The van der Waals surface area contributed by atoms with Crippen LogP contribution in [-0.4, -0.2) is 42.0 Å². The maximum atomic E-state index is 12.1. The quantitative estimate of drug-likeness (QED) is 0.758. The molecule has 1 atom stereocenters. The Morgan fingerprint density at radius 3 is 2.75 bits per heavy atom. The fourth-order valence-electron chi connectivity index (χ4n) is 3.77. The fourth-order valence-corrected chi connectivity index (χ4v) is 3.77. The van der Waals surface area contributed by atoms with Gasteiger partial charge in [-0.2, -0.15) is 0 Å². The molecule has 3 aromatic rings. The van der Waals surface area contributed by atoms with Gasteiger partial charge in [0.2, 0.25) is 5.91 Å². The molecule has 1 aliphatic rings. The zero-order valence-corrected chi connectivity index (χ0v) is 16.5. The monoisotopic (exact) mass is 375 g/mol. The number of hydrogen-bond acceptors (Lipinski definition) is 4. The minimum atomic E-state index is -0.148. The average Bonchev–Trinajstić information content (AvgIpc) is 2.71. The summed E-state index contributed by atoms with van der Waals surface area (Å²) >= 11 is 0. The van der Waals surface area contributed by atoms with Crippen molar-refractivity contribution in [2.75, 3.05) is 20.2 Å². The molecule has 2 aromatic carbocycles. The number of ether oxygens (including phenoxy) is 1. The first-order valence-corrected chi connectivity index (χ1v) is 9.62. The number of para-hydroxylation sites is 1. The van der Waals surface area contributed by atoms with Gasteiger partial charge in [-0.15, -0.1) is 0 Å². The molecule has 1 N–H and O–H groups in total. The van der Waals surface area contributed by atoms with Crippen LogP contribution in [0.1, 0.15) is 18.1 Å². The molecule has 0 radical (unpaired) electrons. The Labute approximate surface area is 165 Å². The van der Waals surface area contributed by atoms with E-state index in [1.165, 1.54) is 0 Å². The van der Waals surface area contributed by atoms with Gasteiger partial charge in [0, 0.05) is 30.6 Å². The molecule has 5 heteroatoms. The number of piperazine rings is 1. The van der Waals surface area contributed by atoms with Crippen LogP contribution in [0.15, 0.2) is 48.5 Å². The number of rotatable bonds is 4. The Bertz CT molecular complexity index is 1010. The van der Waals surface area contributed by atoms with Crippen molar-refractivity contribution in [2.45, 2.75) is 26.4 Å². The largest absolute Gasteiger partial charge is 0.497 e. The van der Waals surface area contributed by atoms with E-state index in [1.807, 2.05) is 31.2 Å². The van der Waals surface area contributed by atoms with Crippen LogP contribution in [0, 0.1) is 6.92 Å². The van der Waals surface area contributed by atoms with E-state index in [9.17, 15) is 4.79 Å². The highest BCUT2D eigenvalue weighted by atomic mass is 16.5. The average molecular weight is 375 g/mol. The van der Waals surface area contributed by atoms with E-state index >= 15 is 0 Å². The van der Waals surface area contributed by atoms with E-state index in [2.05, 4.69) is 41.4 Å². The summed E-state index contributed by atoms with van der Waals surface area (Å²) < 4.78 is 5.30. The Morgan fingerprint density at radius 1 is 1.21 bits per heavy atom. The zero-order valence-electron chi connectivity index (χ0n) is 16.5. The first kappa shape index (κ1) is 18.4. The summed E-state index contributed by atoms with van der Waals surface area (Å²) in [7, 11) is 1.67. The summed E-state index contributed by atoms with van der Waals surface area (Å²) in [6.07, 6.45) is 0. The molecule has 0 saturated carbocycles. The predicted molar refractivity (Wildman–Crippen MR) is 111 cm³/mol. The van der Waals surface area contributed by atoms with Gasteiger partial charge < -0.3 is 10.1 Å². The molecule has 1 saturated heterocycles. The van der Waals surface area contributed by atoms with E-state index in [1.54, 1.807) is 7.11 Å². The third-order valence-corrected chi connectivity index (χ3v) is 5.49. The second-order valence-electron chi connectivity index (χ2n) is 7.31. The third-order valence-electron chi connectivity index (χ3n) is 5.49. The molecule has 1 amide bonds. The molecule has 0 bridgehead atoms. The minimum Gasteiger partial charge on any atom is -0.497 e. The number of carbonyl (C=O) groups is 1. The van der Waals surface area contributed by atoms with Crippen molar-refractivity contribution in [3.05, 3.63) is 59.7 Å². The van der Waals surface area contributed by atoms with Gasteiger partial charge in [-0.05, 0) is 55.3 Å². The van der Waals surface area contributed by atoms with Crippen LogP contribution in [0.3, 0.4) is 0 Å². The lowest BCUT2D eigenvalue weighted by Gasteiger charge is -2.33. The van der Waals surface area contributed by atoms with Gasteiger partial charge in [0.25, 0.3) is 0 Å². The Morgan fingerprint density at radius 2 is 2.00 bits per heavy atom. The second-order valence-corrected chi connectivity index (χ2v) is 7.31. The standard InChI is InChI=1S/C23H25N3O2/c1-15-5-4-6-18-13-19(14-26-12-11-24-23(27)16(26)2)22(25-21(15)18)17-7-9-20(28-3)10-8-17/h4-10,13,16H,11-12,14H2,1-3H3,(H,24,27). The number of fused-ring (bicyclic) bond motifs is 1. The van der Waals surface area contributed by atoms with Crippen molar-refractivity contribution >= 4 is 16.8 Å². The van der Waals surface area contributed by atoms with E-state index in [0.717, 1.165) is 45.6 Å². The smallest absolute Gasteiger partial charge is 0.237 e. The molecule has 1 aliphatic heterocycles. The highest BCUT2D eigenvalue weighted by Crippen LogP contribution is 2.30. The molecule has 144 valence electrons. The second kappa shape index (κ2) is 7.60. The molecular weight excluding hydrogens is 350 g/mol. The van der Waals surface area contributed by atoms with Crippen molar-refractivity contribution < 1.29 is 9.53 Å². The third kappa shape index (κ3) is 3.45. The van der Waals surface area contributed by atoms with Gasteiger partial charge in [-0.3, -0.25) is 9.69 Å². The summed E-state index contributed by atoms with van der Waals surface area (Å²) in [4.78, 5) is 19.3. The predicted octanol–water partition coefficient (Wildman–Crippen LogP) is 3.54. The summed E-state index contributed by atoms with van der Waals surface area (Å²) in [5.41, 5.74) is 5.31. The van der Waals surface area contributed by atoms with Gasteiger partial charge in [0.1, 0.15) is 5.75 Å². The number of hydrogen-bond donors (Lipinski definition) is 1. The molecule has 1 fully saturated rings. The van der Waals surface area contributed by atoms with Crippen LogP contribution in [0.25, 0.3) is 22.2 Å². The number of aromatic nitrogens is 1. The first-order valence-electron chi connectivity index (χ1n) is 9.62. The van der Waals surface area contributed by atoms with E-state index in [0.29, 0.717) is 13.1 Å².